The molecule has 17 heavy (non-hydrogen) atoms. The molecule has 2 saturated carbocycles. The zero-order valence-electron chi connectivity index (χ0n) is 10.3. The topological polar surface area (TPSA) is 66.4 Å². The maximum Gasteiger partial charge on any atom is 0.303 e. The molecule has 0 aromatic heterocycles. The van der Waals surface area contributed by atoms with E-state index >= 15 is 0 Å². The number of carboxylic acid groups (broad SMARTS) is 1. The first-order valence-corrected chi connectivity index (χ1v) is 6.57. The predicted octanol–water partition coefficient (Wildman–Crippen LogP) is 1.79. The van der Waals surface area contributed by atoms with Crippen molar-refractivity contribution in [1.82, 2.24) is 5.32 Å². The van der Waals surface area contributed by atoms with Crippen LogP contribution in [0.15, 0.2) is 0 Å². The minimum atomic E-state index is -0.828. The van der Waals surface area contributed by atoms with E-state index in [0.29, 0.717) is 24.3 Å². The van der Waals surface area contributed by atoms with Crippen molar-refractivity contribution in [2.24, 2.45) is 17.8 Å². The fourth-order valence-electron chi connectivity index (χ4n) is 2.46. The molecule has 1 unspecified atom stereocenters. The van der Waals surface area contributed by atoms with Crippen molar-refractivity contribution in [3.8, 4) is 0 Å². The molecule has 0 radical (unpaired) electrons. The summed E-state index contributed by atoms with van der Waals surface area (Å²) in [5, 5.41) is 11.8. The van der Waals surface area contributed by atoms with E-state index in [9.17, 15) is 9.59 Å². The molecule has 2 fully saturated rings. The van der Waals surface area contributed by atoms with Crippen molar-refractivity contribution < 1.29 is 14.7 Å². The van der Waals surface area contributed by atoms with E-state index in [-0.39, 0.29) is 18.2 Å². The minimum absolute atomic E-state index is 0.0301. The maximum absolute atomic E-state index is 11.8. The van der Waals surface area contributed by atoms with Gasteiger partial charge in [0, 0.05) is 18.9 Å². The molecule has 2 aliphatic carbocycles. The third kappa shape index (κ3) is 4.02. The molecule has 0 aromatic rings. The van der Waals surface area contributed by atoms with Crippen LogP contribution in [0.5, 0.6) is 0 Å². The van der Waals surface area contributed by atoms with Crippen LogP contribution in [0.25, 0.3) is 0 Å². The molecule has 0 aliphatic heterocycles. The largest absolute Gasteiger partial charge is 0.481 e. The number of amides is 1. The number of hydrogen-bond donors (Lipinski definition) is 2. The lowest BCUT2D eigenvalue weighted by Crippen LogP contribution is -2.38. The summed E-state index contributed by atoms with van der Waals surface area (Å²) in [6.45, 7) is 1.82. The van der Waals surface area contributed by atoms with Gasteiger partial charge in [-0.3, -0.25) is 9.59 Å². The highest BCUT2D eigenvalue weighted by atomic mass is 16.4. The lowest BCUT2D eigenvalue weighted by molar-refractivity contribution is -0.138. The molecule has 2 N–H and O–H groups in total. The summed E-state index contributed by atoms with van der Waals surface area (Å²) in [4.78, 5) is 22.3. The van der Waals surface area contributed by atoms with Gasteiger partial charge in [0.25, 0.3) is 0 Å². The zero-order chi connectivity index (χ0) is 12.4. The second-order valence-corrected chi connectivity index (χ2v) is 5.68. The normalized spacial score (nSPS) is 21.3. The van der Waals surface area contributed by atoms with Gasteiger partial charge < -0.3 is 10.4 Å². The van der Waals surface area contributed by atoms with Gasteiger partial charge in [0.2, 0.25) is 5.91 Å². The number of carbonyl (C=O) groups excluding carboxylic acids is 1. The van der Waals surface area contributed by atoms with Gasteiger partial charge in [-0.25, -0.2) is 0 Å². The Labute approximate surface area is 102 Å². The molecule has 0 bridgehead atoms. The van der Waals surface area contributed by atoms with E-state index in [0.717, 1.165) is 0 Å². The fraction of sp³-hybridized carbons (Fsp3) is 0.846. The van der Waals surface area contributed by atoms with E-state index < -0.39 is 5.97 Å². The van der Waals surface area contributed by atoms with Gasteiger partial charge in [-0.15, -0.1) is 0 Å². The second-order valence-electron chi connectivity index (χ2n) is 5.68. The number of hydrogen-bond acceptors (Lipinski definition) is 2. The van der Waals surface area contributed by atoms with Crippen LogP contribution in [0.4, 0.5) is 0 Å². The van der Waals surface area contributed by atoms with Crippen molar-refractivity contribution in [3.05, 3.63) is 0 Å². The Kier molecular flexibility index (Phi) is 3.69. The number of nitrogens with one attached hydrogen (secondary N) is 1. The Morgan fingerprint density at radius 2 is 1.71 bits per heavy atom. The van der Waals surface area contributed by atoms with Gasteiger partial charge in [0.15, 0.2) is 0 Å². The monoisotopic (exact) mass is 239 g/mol. The van der Waals surface area contributed by atoms with Crippen LogP contribution in [0.2, 0.25) is 0 Å². The van der Waals surface area contributed by atoms with Crippen LogP contribution < -0.4 is 5.32 Å². The van der Waals surface area contributed by atoms with Gasteiger partial charge in [-0.05, 0) is 43.4 Å². The smallest absolute Gasteiger partial charge is 0.303 e. The number of carbonyl (C=O) groups is 2. The standard InChI is InChI=1S/C13H21NO3/c1-8(7-12(16)17)6-11(15)14-13(9-2-3-9)10-4-5-10/h8-10,13H,2-7H2,1H3,(H,14,15)(H,16,17). The molecule has 2 aliphatic rings. The lowest BCUT2D eigenvalue weighted by atomic mass is 10.0. The van der Waals surface area contributed by atoms with Crippen LogP contribution in [-0.4, -0.2) is 23.0 Å². The van der Waals surface area contributed by atoms with E-state index in [1.807, 2.05) is 6.92 Å². The summed E-state index contributed by atoms with van der Waals surface area (Å²) in [5.41, 5.74) is 0. The first-order valence-electron chi connectivity index (χ1n) is 6.57. The first kappa shape index (κ1) is 12.4. The van der Waals surface area contributed by atoms with Crippen molar-refractivity contribution in [1.29, 1.82) is 0 Å². The Balaban J connectivity index is 1.73. The number of aliphatic carboxylic acids is 1. The van der Waals surface area contributed by atoms with E-state index in [2.05, 4.69) is 5.32 Å². The third-order valence-electron chi connectivity index (χ3n) is 3.64. The molecule has 96 valence electrons. The summed E-state index contributed by atoms with van der Waals surface area (Å²) in [6, 6.07) is 0.375. The molecule has 4 nitrogen and oxygen atoms in total. The summed E-state index contributed by atoms with van der Waals surface area (Å²) >= 11 is 0. The quantitative estimate of drug-likeness (QED) is 0.711. The molecule has 4 heteroatoms. The molecule has 1 amide bonds. The summed E-state index contributed by atoms with van der Waals surface area (Å²) in [7, 11) is 0. The molecule has 0 heterocycles. The van der Waals surface area contributed by atoms with E-state index in [1.54, 1.807) is 0 Å². The highest BCUT2D eigenvalue weighted by Gasteiger charge is 2.42. The van der Waals surface area contributed by atoms with Crippen molar-refractivity contribution in [3.63, 3.8) is 0 Å². The average Bonchev–Trinajstić information content (AvgIpc) is 3.07. The number of carboxylic acids is 1. The van der Waals surface area contributed by atoms with Gasteiger partial charge in [-0.1, -0.05) is 6.92 Å². The summed E-state index contributed by atoms with van der Waals surface area (Å²) < 4.78 is 0. The van der Waals surface area contributed by atoms with E-state index in [4.69, 9.17) is 5.11 Å². The predicted molar refractivity (Wildman–Crippen MR) is 63.4 cm³/mol. The average molecular weight is 239 g/mol. The highest BCUT2D eigenvalue weighted by molar-refractivity contribution is 5.77. The zero-order valence-corrected chi connectivity index (χ0v) is 10.3. The Morgan fingerprint density at radius 3 is 2.12 bits per heavy atom. The van der Waals surface area contributed by atoms with Crippen molar-refractivity contribution in [2.45, 2.75) is 51.5 Å². The minimum Gasteiger partial charge on any atom is -0.481 e. The van der Waals surface area contributed by atoms with Gasteiger partial charge in [0.1, 0.15) is 0 Å². The van der Waals surface area contributed by atoms with E-state index in [1.165, 1.54) is 25.7 Å². The number of rotatable bonds is 7. The Bertz CT molecular complexity index is 296. The SMILES string of the molecule is CC(CC(=O)O)CC(=O)NC(C1CC1)C1CC1. The third-order valence-corrected chi connectivity index (χ3v) is 3.64. The molecular formula is C13H21NO3. The van der Waals surface area contributed by atoms with Crippen LogP contribution in [0.1, 0.15) is 45.4 Å². The van der Waals surface area contributed by atoms with Crippen LogP contribution in [0, 0.1) is 17.8 Å². The molecule has 2 rings (SSSR count). The van der Waals surface area contributed by atoms with Crippen molar-refractivity contribution >= 4 is 11.9 Å². The Morgan fingerprint density at radius 1 is 1.18 bits per heavy atom. The second kappa shape index (κ2) is 5.07. The maximum atomic E-state index is 11.8. The molecule has 0 aromatic carbocycles. The highest BCUT2D eigenvalue weighted by Crippen LogP contribution is 2.44. The molecule has 0 saturated heterocycles. The van der Waals surface area contributed by atoms with Crippen LogP contribution >= 0.6 is 0 Å². The molecule has 0 spiro atoms. The lowest BCUT2D eigenvalue weighted by Gasteiger charge is -2.18. The van der Waals surface area contributed by atoms with Gasteiger partial charge >= 0.3 is 5.97 Å². The summed E-state index contributed by atoms with van der Waals surface area (Å²) in [6.07, 6.45) is 5.38. The van der Waals surface area contributed by atoms with Crippen molar-refractivity contribution in [2.75, 3.05) is 0 Å². The first-order chi connectivity index (χ1) is 8.06. The fourth-order valence-corrected chi connectivity index (χ4v) is 2.46. The van der Waals surface area contributed by atoms with Crippen LogP contribution in [0.3, 0.4) is 0 Å². The summed E-state index contributed by atoms with van der Waals surface area (Å²) in [5.74, 6) is 0.516. The van der Waals surface area contributed by atoms with Gasteiger partial charge in [-0.2, -0.15) is 0 Å². The molecular weight excluding hydrogens is 218 g/mol. The molecule has 1 atom stereocenters. The van der Waals surface area contributed by atoms with Gasteiger partial charge in [0.05, 0.1) is 0 Å². The Hall–Kier alpha value is -1.06. The van der Waals surface area contributed by atoms with Crippen LogP contribution in [-0.2, 0) is 9.59 Å².